The number of nitrogens with one attached hydrogen (secondary N) is 2. The van der Waals surface area contributed by atoms with Gasteiger partial charge in [-0.1, -0.05) is 24.3 Å². The number of nitrogens with zero attached hydrogens (tertiary/aromatic N) is 4. The third kappa shape index (κ3) is 5.65. The number of carbonyl (C=O) groups excluding carboxylic acids is 3. The lowest BCUT2D eigenvalue weighted by molar-refractivity contribution is -0.131. The molecule has 2 fully saturated rings. The number of hydrogen-bond donors (Lipinski definition) is 4. The van der Waals surface area contributed by atoms with Crippen molar-refractivity contribution in [1.82, 2.24) is 25.0 Å². The summed E-state index contributed by atoms with van der Waals surface area (Å²) in [4.78, 5) is 56.4. The third-order valence-corrected chi connectivity index (χ3v) is 10.7. The molecule has 6 N–H and O–H groups in total. The number of hydrogen-bond acceptors (Lipinski definition) is 7. The van der Waals surface area contributed by atoms with Crippen molar-refractivity contribution in [2.45, 2.75) is 62.6 Å². The number of H-pyrrole nitrogens is 1. The second-order valence-corrected chi connectivity index (χ2v) is 13.7. The number of piperidine rings is 1. The van der Waals surface area contributed by atoms with Crippen LogP contribution in [-0.2, 0) is 21.4 Å². The molecule has 12 nitrogen and oxygen atoms in total. The maximum Gasteiger partial charge on any atom is 0.348 e. The average Bonchev–Trinajstić information content (AvgIpc) is 3.62. The van der Waals surface area contributed by atoms with Gasteiger partial charge in [-0.3, -0.25) is 19.4 Å². The molecule has 49 heavy (non-hydrogen) atoms. The minimum Gasteiger partial charge on any atom is -0.366 e. The van der Waals surface area contributed by atoms with E-state index in [0.29, 0.717) is 54.2 Å². The number of benzene rings is 2. The van der Waals surface area contributed by atoms with Gasteiger partial charge in [0.05, 0.1) is 23.7 Å². The number of allylic oxidation sites excluding steroid dienone is 2. The molecule has 0 radical (unpaired) electrons. The van der Waals surface area contributed by atoms with Gasteiger partial charge in [-0.05, 0) is 98.4 Å². The van der Waals surface area contributed by atoms with E-state index >= 15 is 0 Å². The number of amides is 3. The Morgan fingerprint density at radius 1 is 1.16 bits per heavy atom. The van der Waals surface area contributed by atoms with E-state index in [1.807, 2.05) is 25.1 Å². The van der Waals surface area contributed by atoms with Gasteiger partial charge in [0.15, 0.2) is 0 Å². The molecule has 0 bridgehead atoms. The highest BCUT2D eigenvalue weighted by Crippen LogP contribution is 2.52. The number of nitrogens with two attached hydrogens (primary N) is 2. The summed E-state index contributed by atoms with van der Waals surface area (Å²) in [6, 6.07) is 12.3. The van der Waals surface area contributed by atoms with Gasteiger partial charge in [0, 0.05) is 29.1 Å². The molecular formula is C36H37FN8O4. The smallest absolute Gasteiger partial charge is 0.348 e. The van der Waals surface area contributed by atoms with Crippen LogP contribution in [0.1, 0.15) is 59.9 Å². The van der Waals surface area contributed by atoms with Crippen molar-refractivity contribution in [3.05, 3.63) is 105 Å². The lowest BCUT2D eigenvalue weighted by Crippen LogP contribution is -2.48. The molecule has 1 aromatic heterocycles. The molecule has 7 atom stereocenters. The summed E-state index contributed by atoms with van der Waals surface area (Å²) < 4.78 is 15.0. The molecule has 4 unspecified atom stereocenters. The number of primary amides is 2. The van der Waals surface area contributed by atoms with Crippen LogP contribution in [0.25, 0.3) is 5.69 Å². The molecule has 2 aromatic carbocycles. The van der Waals surface area contributed by atoms with E-state index in [4.69, 9.17) is 16.6 Å². The maximum atomic E-state index is 13.8. The summed E-state index contributed by atoms with van der Waals surface area (Å²) in [5.41, 5.74) is 12.5. The maximum absolute atomic E-state index is 13.8. The normalized spacial score (nSPS) is 27.2. The van der Waals surface area contributed by atoms with Crippen LogP contribution >= 0.6 is 0 Å². The molecule has 4 aliphatic rings. The Hall–Kier alpha value is -5.35. The van der Waals surface area contributed by atoms with Crippen LogP contribution in [0.5, 0.6) is 0 Å². The van der Waals surface area contributed by atoms with Crippen LogP contribution in [-0.4, -0.2) is 62.1 Å². The van der Waals surface area contributed by atoms with E-state index in [1.54, 1.807) is 23.1 Å². The fourth-order valence-corrected chi connectivity index (χ4v) is 8.34. The van der Waals surface area contributed by atoms with E-state index in [9.17, 15) is 28.8 Å². The zero-order valence-electron chi connectivity index (χ0n) is 26.9. The number of halogens is 1. The van der Waals surface area contributed by atoms with Gasteiger partial charge < -0.3 is 21.7 Å². The van der Waals surface area contributed by atoms with E-state index in [2.05, 4.69) is 16.4 Å². The number of carbonyl (C=O) groups is 3. The van der Waals surface area contributed by atoms with Gasteiger partial charge >= 0.3 is 5.69 Å². The highest BCUT2D eigenvalue weighted by molar-refractivity contribution is 5.95. The van der Waals surface area contributed by atoms with Gasteiger partial charge in [0.25, 0.3) is 0 Å². The molecule has 3 aromatic rings. The van der Waals surface area contributed by atoms with Crippen LogP contribution in [0.15, 0.2) is 71.1 Å². The number of rotatable bonds is 9. The Balaban J connectivity index is 1.34. The van der Waals surface area contributed by atoms with E-state index in [0.717, 1.165) is 17.5 Å². The molecule has 2 heterocycles. The lowest BCUT2D eigenvalue weighted by atomic mass is 9.61. The van der Waals surface area contributed by atoms with Crippen molar-refractivity contribution in [3.8, 4) is 11.8 Å². The number of aryl methyl sites for hydroxylation is 1. The Morgan fingerprint density at radius 3 is 2.65 bits per heavy atom. The Morgan fingerprint density at radius 2 is 1.94 bits per heavy atom. The van der Waals surface area contributed by atoms with Gasteiger partial charge in [-0.15, -0.1) is 5.10 Å². The molecule has 0 spiro atoms. The number of likely N-dealkylation sites (tertiary alicyclic amines) is 1. The average molecular weight is 665 g/mol. The predicted octanol–water partition coefficient (Wildman–Crippen LogP) is 2.13. The lowest BCUT2D eigenvalue weighted by Gasteiger charge is -2.43. The summed E-state index contributed by atoms with van der Waals surface area (Å²) in [7, 11) is 0. The minimum absolute atomic E-state index is 0.0162. The van der Waals surface area contributed by atoms with Crippen LogP contribution < -0.4 is 22.5 Å². The molecule has 1 saturated heterocycles. The van der Waals surface area contributed by atoms with Gasteiger partial charge in [-0.25, -0.2) is 9.18 Å². The first-order chi connectivity index (χ1) is 23.5. The van der Waals surface area contributed by atoms with Crippen LogP contribution in [0, 0.1) is 34.9 Å². The third-order valence-electron chi connectivity index (χ3n) is 10.7. The Bertz CT molecular complexity index is 2010. The fourth-order valence-electron chi connectivity index (χ4n) is 8.34. The first kappa shape index (κ1) is 32.2. The van der Waals surface area contributed by atoms with Crippen LogP contribution in [0.4, 0.5) is 4.39 Å². The van der Waals surface area contributed by atoms with Crippen molar-refractivity contribution >= 4 is 17.7 Å². The zero-order valence-corrected chi connectivity index (χ0v) is 26.9. The van der Waals surface area contributed by atoms with Gasteiger partial charge in [0.1, 0.15) is 17.7 Å². The number of aromatic amines is 1. The van der Waals surface area contributed by atoms with Gasteiger partial charge in [-0.2, -0.15) is 9.94 Å². The molecule has 1 aliphatic heterocycles. The van der Waals surface area contributed by atoms with Crippen LogP contribution in [0.2, 0.25) is 0 Å². The first-order valence-electron chi connectivity index (χ1n) is 16.5. The van der Waals surface area contributed by atoms with Crippen molar-refractivity contribution in [2.24, 2.45) is 29.2 Å². The molecule has 13 heteroatoms. The summed E-state index contributed by atoms with van der Waals surface area (Å²) in [5, 5.41) is 17.9. The fraction of sp³-hybridized carbons (Fsp3) is 0.389. The molecular weight excluding hydrogens is 627 g/mol. The monoisotopic (exact) mass is 664 g/mol. The highest BCUT2D eigenvalue weighted by Gasteiger charge is 2.54. The molecule has 7 rings (SSSR count). The largest absolute Gasteiger partial charge is 0.366 e. The first-order valence-corrected chi connectivity index (χ1v) is 16.5. The Labute approximate surface area is 281 Å². The molecule has 3 amide bonds. The van der Waals surface area contributed by atoms with E-state index < -0.39 is 34.8 Å². The summed E-state index contributed by atoms with van der Waals surface area (Å²) >= 11 is 0. The number of fused-ring (bicyclic) bond motifs is 3. The van der Waals surface area contributed by atoms with Crippen molar-refractivity contribution in [1.29, 1.82) is 5.26 Å². The second-order valence-electron chi connectivity index (χ2n) is 13.7. The van der Waals surface area contributed by atoms with Crippen molar-refractivity contribution in [2.75, 3.05) is 6.54 Å². The second kappa shape index (κ2) is 12.3. The quantitative estimate of drug-likeness (QED) is 0.269. The predicted molar refractivity (Wildman–Crippen MR) is 176 cm³/mol. The molecule has 1 saturated carbocycles. The zero-order chi connectivity index (χ0) is 34.6. The standard InChI is InChI=1S/C36H37FN8O4/c1-19(41-18-31(46)44-27(17-38)14-24-15-30(24)44)16-36(34-42-35(49)45(43-34)26-8-6-25(37)7-9-26)28-10-4-22(32(39)47)12-20(28)2-3-21-13-23(33(40)48)5-11-29(21)36/h4-13,19-20,24,27-28,30,41H,2-3,14-16,18H2,1H3,(H2,39,47)(H2,40,48)(H,42,43,49)/t19-,20?,24-,27?,28?,30+,36?/m1/s1. The number of nitriles is 1. The van der Waals surface area contributed by atoms with E-state index in [-0.39, 0.29) is 36.4 Å². The summed E-state index contributed by atoms with van der Waals surface area (Å²) in [6.07, 6.45) is 8.58. The number of aromatic nitrogens is 3. The van der Waals surface area contributed by atoms with Gasteiger partial charge in [0.2, 0.25) is 17.7 Å². The SMILES string of the molecule is C[C@H](CC1(c2nn(-c3ccc(F)cc3)c(=O)[nH]2)c2ccc(C(N)=O)cc2CCC2C=C(C(N)=O)C=CC21)NCC(=O)N1C(C#N)C[C@@H]2C[C@@H]21. The summed E-state index contributed by atoms with van der Waals surface area (Å²) in [5.74, 6) is -1.58. The summed E-state index contributed by atoms with van der Waals surface area (Å²) in [6.45, 7) is 1.96. The van der Waals surface area contributed by atoms with Crippen molar-refractivity contribution < 1.29 is 18.8 Å². The van der Waals surface area contributed by atoms with Crippen LogP contribution in [0.3, 0.4) is 0 Å². The highest BCUT2D eigenvalue weighted by atomic mass is 19.1. The topological polar surface area (TPSA) is 193 Å². The van der Waals surface area contributed by atoms with E-state index in [1.165, 1.54) is 28.9 Å². The van der Waals surface area contributed by atoms with Crippen molar-refractivity contribution in [3.63, 3.8) is 0 Å². The molecule has 3 aliphatic carbocycles. The minimum atomic E-state index is -1.06. The Kier molecular flexibility index (Phi) is 8.07. The molecule has 252 valence electrons.